The van der Waals surface area contributed by atoms with Crippen LogP contribution < -0.4 is 15.8 Å². The number of ether oxygens (including phenoxy) is 1. The lowest BCUT2D eigenvalue weighted by atomic mass is 10.2. The molecule has 0 saturated heterocycles. The fourth-order valence-corrected chi connectivity index (χ4v) is 1.58. The Kier molecular flexibility index (Phi) is 4.50. The number of hydrogen-bond acceptors (Lipinski definition) is 4. The van der Waals surface area contributed by atoms with Crippen molar-refractivity contribution in [3.05, 3.63) is 53.7 Å². The standard InChI is InChI=1S/C15H15N3O3/c1-10-2-7-13(17-8-10)18-14(19)9-21-12-5-3-11(4-6-12)15(16)20/h2-8H,9H2,1H3,(H2,16,20)(H,17,18,19). The molecule has 0 unspecified atom stereocenters. The molecule has 0 aliphatic carbocycles. The summed E-state index contributed by atoms with van der Waals surface area (Å²) in [6, 6.07) is 9.81. The van der Waals surface area contributed by atoms with Crippen molar-refractivity contribution in [2.24, 2.45) is 5.73 Å². The van der Waals surface area contributed by atoms with Crippen molar-refractivity contribution in [1.82, 2.24) is 4.98 Å². The second kappa shape index (κ2) is 6.51. The molecular weight excluding hydrogens is 270 g/mol. The molecule has 0 radical (unpaired) electrons. The van der Waals surface area contributed by atoms with Gasteiger partial charge in [0.2, 0.25) is 5.91 Å². The van der Waals surface area contributed by atoms with Gasteiger partial charge in [-0.25, -0.2) is 4.98 Å². The summed E-state index contributed by atoms with van der Waals surface area (Å²) in [5.74, 6) is 0.125. The van der Waals surface area contributed by atoms with Crippen molar-refractivity contribution in [3.8, 4) is 5.75 Å². The lowest BCUT2D eigenvalue weighted by molar-refractivity contribution is -0.118. The zero-order valence-electron chi connectivity index (χ0n) is 11.5. The Morgan fingerprint density at radius 1 is 1.19 bits per heavy atom. The first kappa shape index (κ1) is 14.5. The monoisotopic (exact) mass is 285 g/mol. The van der Waals surface area contributed by atoms with E-state index in [1.807, 2.05) is 13.0 Å². The van der Waals surface area contributed by atoms with Gasteiger partial charge in [0.15, 0.2) is 6.61 Å². The van der Waals surface area contributed by atoms with Crippen LogP contribution in [0.3, 0.4) is 0 Å². The average Bonchev–Trinajstić information content (AvgIpc) is 2.48. The van der Waals surface area contributed by atoms with E-state index in [1.54, 1.807) is 24.4 Å². The maximum absolute atomic E-state index is 11.7. The summed E-state index contributed by atoms with van der Waals surface area (Å²) in [5.41, 5.74) is 6.53. The minimum Gasteiger partial charge on any atom is -0.484 e. The predicted octanol–water partition coefficient (Wildman–Crippen LogP) is 1.51. The van der Waals surface area contributed by atoms with Crippen LogP contribution >= 0.6 is 0 Å². The number of aromatic nitrogens is 1. The number of carbonyl (C=O) groups excluding carboxylic acids is 2. The van der Waals surface area contributed by atoms with E-state index >= 15 is 0 Å². The minimum absolute atomic E-state index is 0.147. The Balaban J connectivity index is 1.86. The summed E-state index contributed by atoms with van der Waals surface area (Å²) >= 11 is 0. The van der Waals surface area contributed by atoms with Crippen molar-refractivity contribution in [1.29, 1.82) is 0 Å². The maximum Gasteiger partial charge on any atom is 0.263 e. The molecule has 0 aliphatic rings. The van der Waals surface area contributed by atoms with Gasteiger partial charge in [0.05, 0.1) is 0 Å². The van der Waals surface area contributed by atoms with Crippen LogP contribution in [0.25, 0.3) is 0 Å². The molecule has 3 N–H and O–H groups in total. The molecule has 0 saturated carbocycles. The van der Waals surface area contributed by atoms with Gasteiger partial charge in [-0.2, -0.15) is 0 Å². The minimum atomic E-state index is -0.510. The number of nitrogens with two attached hydrogens (primary N) is 1. The normalized spacial score (nSPS) is 9.95. The second-order valence-corrected chi connectivity index (χ2v) is 4.45. The molecule has 1 aromatic carbocycles. The highest BCUT2D eigenvalue weighted by atomic mass is 16.5. The van der Waals surface area contributed by atoms with E-state index in [0.29, 0.717) is 17.1 Å². The summed E-state index contributed by atoms with van der Waals surface area (Å²) in [7, 11) is 0. The van der Waals surface area contributed by atoms with E-state index in [2.05, 4.69) is 10.3 Å². The molecule has 1 heterocycles. The third kappa shape index (κ3) is 4.31. The van der Waals surface area contributed by atoms with E-state index in [1.165, 1.54) is 12.1 Å². The van der Waals surface area contributed by atoms with Crippen molar-refractivity contribution >= 4 is 17.6 Å². The molecule has 2 aromatic rings. The van der Waals surface area contributed by atoms with Gasteiger partial charge in [0, 0.05) is 11.8 Å². The van der Waals surface area contributed by atoms with E-state index in [0.717, 1.165) is 5.56 Å². The number of benzene rings is 1. The van der Waals surface area contributed by atoms with Crippen LogP contribution in [0.2, 0.25) is 0 Å². The molecule has 2 rings (SSSR count). The van der Waals surface area contributed by atoms with Crippen LogP contribution in [0.5, 0.6) is 5.75 Å². The van der Waals surface area contributed by atoms with Gasteiger partial charge in [-0.1, -0.05) is 6.07 Å². The highest BCUT2D eigenvalue weighted by molar-refractivity contribution is 5.93. The summed E-state index contributed by atoms with van der Waals surface area (Å²) in [4.78, 5) is 26.7. The van der Waals surface area contributed by atoms with Gasteiger partial charge in [-0.3, -0.25) is 9.59 Å². The Morgan fingerprint density at radius 2 is 1.90 bits per heavy atom. The highest BCUT2D eigenvalue weighted by Crippen LogP contribution is 2.12. The Bertz CT molecular complexity index is 636. The summed E-state index contributed by atoms with van der Waals surface area (Å²) in [6.45, 7) is 1.77. The number of nitrogens with zero attached hydrogens (tertiary/aromatic N) is 1. The lowest BCUT2D eigenvalue weighted by Gasteiger charge is -2.07. The van der Waals surface area contributed by atoms with Crippen molar-refractivity contribution in [2.45, 2.75) is 6.92 Å². The quantitative estimate of drug-likeness (QED) is 0.870. The number of nitrogens with one attached hydrogen (secondary N) is 1. The van der Waals surface area contributed by atoms with E-state index in [4.69, 9.17) is 10.5 Å². The van der Waals surface area contributed by atoms with Gasteiger partial charge in [-0.05, 0) is 42.8 Å². The van der Waals surface area contributed by atoms with E-state index in [-0.39, 0.29) is 12.5 Å². The van der Waals surface area contributed by atoms with E-state index < -0.39 is 5.91 Å². The molecule has 0 spiro atoms. The first-order valence-corrected chi connectivity index (χ1v) is 6.30. The van der Waals surface area contributed by atoms with Crippen LogP contribution in [0.4, 0.5) is 5.82 Å². The molecular formula is C15H15N3O3. The average molecular weight is 285 g/mol. The number of amides is 2. The van der Waals surface area contributed by atoms with Crippen LogP contribution in [0.15, 0.2) is 42.6 Å². The number of hydrogen-bond donors (Lipinski definition) is 2. The number of primary amides is 1. The van der Waals surface area contributed by atoms with Gasteiger partial charge in [-0.15, -0.1) is 0 Å². The van der Waals surface area contributed by atoms with Crippen LogP contribution in [0.1, 0.15) is 15.9 Å². The third-order valence-corrected chi connectivity index (χ3v) is 2.69. The number of rotatable bonds is 5. The number of aryl methyl sites for hydroxylation is 1. The van der Waals surface area contributed by atoms with Crippen LogP contribution in [-0.2, 0) is 4.79 Å². The first-order chi connectivity index (χ1) is 10.0. The van der Waals surface area contributed by atoms with Gasteiger partial charge in [0.25, 0.3) is 5.91 Å². The zero-order chi connectivity index (χ0) is 15.2. The lowest BCUT2D eigenvalue weighted by Crippen LogP contribution is -2.20. The number of anilines is 1. The molecule has 0 atom stereocenters. The van der Waals surface area contributed by atoms with Gasteiger partial charge < -0.3 is 15.8 Å². The topological polar surface area (TPSA) is 94.3 Å². The zero-order valence-corrected chi connectivity index (χ0v) is 11.5. The Hall–Kier alpha value is -2.89. The molecule has 6 heteroatoms. The van der Waals surface area contributed by atoms with Crippen molar-refractivity contribution < 1.29 is 14.3 Å². The van der Waals surface area contributed by atoms with Gasteiger partial charge >= 0.3 is 0 Å². The molecule has 0 bridgehead atoms. The largest absolute Gasteiger partial charge is 0.484 e. The second-order valence-electron chi connectivity index (χ2n) is 4.45. The maximum atomic E-state index is 11.7. The molecule has 0 fully saturated rings. The summed E-state index contributed by atoms with van der Waals surface area (Å²) in [6.07, 6.45) is 1.67. The Morgan fingerprint density at radius 3 is 2.48 bits per heavy atom. The highest BCUT2D eigenvalue weighted by Gasteiger charge is 2.05. The van der Waals surface area contributed by atoms with Crippen molar-refractivity contribution in [2.75, 3.05) is 11.9 Å². The third-order valence-electron chi connectivity index (χ3n) is 2.69. The summed E-state index contributed by atoms with van der Waals surface area (Å²) in [5, 5.41) is 2.62. The molecule has 6 nitrogen and oxygen atoms in total. The molecule has 21 heavy (non-hydrogen) atoms. The van der Waals surface area contributed by atoms with Gasteiger partial charge in [0.1, 0.15) is 11.6 Å². The summed E-state index contributed by atoms with van der Waals surface area (Å²) < 4.78 is 5.31. The first-order valence-electron chi connectivity index (χ1n) is 6.30. The SMILES string of the molecule is Cc1ccc(NC(=O)COc2ccc(C(N)=O)cc2)nc1. The molecule has 108 valence electrons. The fraction of sp³-hybridized carbons (Fsp3) is 0.133. The van der Waals surface area contributed by atoms with E-state index in [9.17, 15) is 9.59 Å². The van der Waals surface area contributed by atoms with Crippen LogP contribution in [0, 0.1) is 6.92 Å². The number of pyridine rings is 1. The predicted molar refractivity (Wildman–Crippen MR) is 78.1 cm³/mol. The number of carbonyl (C=O) groups is 2. The van der Waals surface area contributed by atoms with Crippen LogP contribution in [-0.4, -0.2) is 23.4 Å². The molecule has 0 aliphatic heterocycles. The Labute approximate surface area is 121 Å². The molecule has 1 aromatic heterocycles. The molecule has 2 amide bonds. The van der Waals surface area contributed by atoms with Crippen molar-refractivity contribution in [3.63, 3.8) is 0 Å². The smallest absolute Gasteiger partial charge is 0.263 e. The fourth-order valence-electron chi connectivity index (χ4n) is 1.58.